The van der Waals surface area contributed by atoms with Gasteiger partial charge < -0.3 is 14.4 Å². The molecule has 1 fully saturated rings. The topological polar surface area (TPSA) is 85.5 Å². The molecule has 3 rings (SSSR count). The summed E-state index contributed by atoms with van der Waals surface area (Å²) in [6.07, 6.45) is 2.17. The normalized spacial score (nSPS) is 14.2. The van der Waals surface area contributed by atoms with Crippen LogP contribution in [0.2, 0.25) is 0 Å². The Hall–Kier alpha value is -2.37. The van der Waals surface area contributed by atoms with Crippen molar-refractivity contribution in [2.24, 2.45) is 0 Å². The van der Waals surface area contributed by atoms with E-state index in [1.807, 2.05) is 6.92 Å². The molecular formula is C14H14N2O4. The van der Waals surface area contributed by atoms with E-state index in [1.165, 1.54) is 6.07 Å². The number of hydrogen-bond acceptors (Lipinski definition) is 5. The SMILES string of the molecule is Cc1ccc(C(=O)O)c(OCc2noc(C3CC3)n2)c1. The second kappa shape index (κ2) is 4.96. The third-order valence-electron chi connectivity index (χ3n) is 3.13. The summed E-state index contributed by atoms with van der Waals surface area (Å²) < 4.78 is 10.6. The molecule has 1 heterocycles. The van der Waals surface area contributed by atoms with Crippen LogP contribution in [0.3, 0.4) is 0 Å². The summed E-state index contributed by atoms with van der Waals surface area (Å²) in [5, 5.41) is 12.9. The Kier molecular flexibility index (Phi) is 3.14. The Morgan fingerprint density at radius 1 is 1.50 bits per heavy atom. The fourth-order valence-corrected chi connectivity index (χ4v) is 1.89. The molecule has 20 heavy (non-hydrogen) atoms. The Labute approximate surface area is 115 Å². The van der Waals surface area contributed by atoms with Gasteiger partial charge >= 0.3 is 5.97 Å². The summed E-state index contributed by atoms with van der Waals surface area (Å²) >= 11 is 0. The third-order valence-corrected chi connectivity index (χ3v) is 3.13. The Morgan fingerprint density at radius 2 is 2.30 bits per heavy atom. The van der Waals surface area contributed by atoms with Gasteiger partial charge in [-0.3, -0.25) is 0 Å². The fraction of sp³-hybridized carbons (Fsp3) is 0.357. The van der Waals surface area contributed by atoms with E-state index in [1.54, 1.807) is 12.1 Å². The summed E-state index contributed by atoms with van der Waals surface area (Å²) in [6, 6.07) is 4.94. The lowest BCUT2D eigenvalue weighted by atomic mass is 10.1. The fourth-order valence-electron chi connectivity index (χ4n) is 1.89. The first-order chi connectivity index (χ1) is 9.63. The van der Waals surface area contributed by atoms with Crippen molar-refractivity contribution >= 4 is 5.97 Å². The van der Waals surface area contributed by atoms with Crippen LogP contribution in [0.5, 0.6) is 5.75 Å². The predicted octanol–water partition coefficient (Wildman–Crippen LogP) is 2.53. The molecule has 1 aromatic carbocycles. The average Bonchev–Trinajstić information content (AvgIpc) is 3.15. The van der Waals surface area contributed by atoms with Gasteiger partial charge in [-0.15, -0.1) is 0 Å². The molecule has 0 bridgehead atoms. The Morgan fingerprint density at radius 3 is 3.00 bits per heavy atom. The Balaban J connectivity index is 1.73. The molecule has 0 spiro atoms. The van der Waals surface area contributed by atoms with E-state index < -0.39 is 5.97 Å². The van der Waals surface area contributed by atoms with Crippen LogP contribution < -0.4 is 4.74 Å². The van der Waals surface area contributed by atoms with Crippen LogP contribution in [-0.2, 0) is 6.61 Å². The molecule has 1 aromatic heterocycles. The van der Waals surface area contributed by atoms with Gasteiger partial charge in [0.2, 0.25) is 11.7 Å². The third kappa shape index (κ3) is 2.64. The molecule has 1 aliphatic carbocycles. The Bertz CT molecular complexity index is 646. The van der Waals surface area contributed by atoms with Crippen molar-refractivity contribution in [2.75, 3.05) is 0 Å². The molecule has 0 radical (unpaired) electrons. The van der Waals surface area contributed by atoms with Crippen LogP contribution >= 0.6 is 0 Å². The highest BCUT2D eigenvalue weighted by Gasteiger charge is 2.29. The molecule has 1 aliphatic rings. The summed E-state index contributed by atoms with van der Waals surface area (Å²) in [5.41, 5.74) is 1.05. The number of aryl methyl sites for hydroxylation is 1. The quantitative estimate of drug-likeness (QED) is 0.901. The van der Waals surface area contributed by atoms with Crippen molar-refractivity contribution in [1.29, 1.82) is 0 Å². The van der Waals surface area contributed by atoms with Crippen LogP contribution in [-0.4, -0.2) is 21.2 Å². The van der Waals surface area contributed by atoms with Gasteiger partial charge in [0, 0.05) is 5.92 Å². The van der Waals surface area contributed by atoms with Gasteiger partial charge in [0.1, 0.15) is 11.3 Å². The van der Waals surface area contributed by atoms with Crippen molar-refractivity contribution in [3.05, 3.63) is 41.0 Å². The van der Waals surface area contributed by atoms with Crippen LogP contribution in [0, 0.1) is 6.92 Å². The number of ether oxygens (including phenoxy) is 1. The number of hydrogen-bond donors (Lipinski definition) is 1. The summed E-state index contributed by atoms with van der Waals surface area (Å²) in [4.78, 5) is 15.4. The number of rotatable bonds is 5. The van der Waals surface area contributed by atoms with Gasteiger partial charge in [-0.05, 0) is 37.5 Å². The summed E-state index contributed by atoms with van der Waals surface area (Å²) in [7, 11) is 0. The van der Waals surface area contributed by atoms with Crippen molar-refractivity contribution < 1.29 is 19.2 Å². The first-order valence-electron chi connectivity index (χ1n) is 6.42. The molecule has 0 saturated heterocycles. The van der Waals surface area contributed by atoms with E-state index in [0.717, 1.165) is 18.4 Å². The maximum atomic E-state index is 11.1. The molecule has 1 saturated carbocycles. The van der Waals surface area contributed by atoms with Crippen LogP contribution in [0.15, 0.2) is 22.7 Å². The molecule has 6 nitrogen and oxygen atoms in total. The van der Waals surface area contributed by atoms with Crippen molar-refractivity contribution in [1.82, 2.24) is 10.1 Å². The number of carboxylic acid groups (broad SMARTS) is 1. The van der Waals surface area contributed by atoms with E-state index in [0.29, 0.717) is 23.4 Å². The highest BCUT2D eigenvalue weighted by molar-refractivity contribution is 5.90. The van der Waals surface area contributed by atoms with Gasteiger partial charge in [-0.2, -0.15) is 4.98 Å². The van der Waals surface area contributed by atoms with Gasteiger partial charge in [0.25, 0.3) is 0 Å². The molecule has 0 unspecified atom stereocenters. The van der Waals surface area contributed by atoms with Gasteiger partial charge in [-0.25, -0.2) is 4.79 Å². The summed E-state index contributed by atoms with van der Waals surface area (Å²) in [5.74, 6) is 0.767. The number of carboxylic acids is 1. The maximum Gasteiger partial charge on any atom is 0.339 e. The average molecular weight is 274 g/mol. The first-order valence-corrected chi connectivity index (χ1v) is 6.42. The monoisotopic (exact) mass is 274 g/mol. The van der Waals surface area contributed by atoms with E-state index in [9.17, 15) is 4.79 Å². The van der Waals surface area contributed by atoms with Gasteiger partial charge in [-0.1, -0.05) is 11.2 Å². The number of aromatic carboxylic acids is 1. The molecule has 2 aromatic rings. The summed E-state index contributed by atoms with van der Waals surface area (Å²) in [6.45, 7) is 1.97. The minimum atomic E-state index is -1.02. The maximum absolute atomic E-state index is 11.1. The van der Waals surface area contributed by atoms with E-state index in [4.69, 9.17) is 14.4 Å². The van der Waals surface area contributed by atoms with E-state index >= 15 is 0 Å². The zero-order valence-electron chi connectivity index (χ0n) is 11.0. The zero-order chi connectivity index (χ0) is 14.1. The lowest BCUT2D eigenvalue weighted by Gasteiger charge is -2.07. The molecule has 0 aliphatic heterocycles. The number of carbonyl (C=O) groups is 1. The lowest BCUT2D eigenvalue weighted by Crippen LogP contribution is -2.04. The highest BCUT2D eigenvalue weighted by atomic mass is 16.5. The highest BCUT2D eigenvalue weighted by Crippen LogP contribution is 2.38. The van der Waals surface area contributed by atoms with Crippen LogP contribution in [0.4, 0.5) is 0 Å². The molecule has 0 atom stereocenters. The zero-order valence-corrected chi connectivity index (χ0v) is 11.0. The molecule has 0 amide bonds. The van der Waals surface area contributed by atoms with Gasteiger partial charge in [0.15, 0.2) is 6.61 Å². The van der Waals surface area contributed by atoms with Gasteiger partial charge in [0.05, 0.1) is 0 Å². The van der Waals surface area contributed by atoms with Crippen molar-refractivity contribution in [3.8, 4) is 5.75 Å². The first kappa shape index (κ1) is 12.7. The molecule has 6 heteroatoms. The van der Waals surface area contributed by atoms with Crippen molar-refractivity contribution in [3.63, 3.8) is 0 Å². The van der Waals surface area contributed by atoms with Crippen molar-refractivity contribution in [2.45, 2.75) is 32.3 Å². The minimum absolute atomic E-state index is 0.0972. The standard InChI is InChI=1S/C14H14N2O4/c1-8-2-5-10(14(17)18)11(6-8)19-7-12-15-13(20-16-12)9-3-4-9/h2,5-6,9H,3-4,7H2,1H3,(H,17,18). The molecule has 104 valence electrons. The van der Waals surface area contributed by atoms with Crippen LogP contribution in [0.1, 0.15) is 46.4 Å². The lowest BCUT2D eigenvalue weighted by molar-refractivity contribution is 0.0691. The van der Waals surface area contributed by atoms with E-state index in [2.05, 4.69) is 10.1 Å². The second-order valence-electron chi connectivity index (χ2n) is 4.92. The number of nitrogens with zero attached hydrogens (tertiary/aromatic N) is 2. The number of aromatic nitrogens is 2. The van der Waals surface area contributed by atoms with E-state index in [-0.39, 0.29) is 12.2 Å². The molecule has 1 N–H and O–H groups in total. The largest absolute Gasteiger partial charge is 0.485 e. The smallest absolute Gasteiger partial charge is 0.339 e. The predicted molar refractivity (Wildman–Crippen MR) is 68.7 cm³/mol. The minimum Gasteiger partial charge on any atom is -0.485 e. The number of benzene rings is 1. The second-order valence-corrected chi connectivity index (χ2v) is 4.92. The van der Waals surface area contributed by atoms with Crippen LogP contribution in [0.25, 0.3) is 0 Å². The molecular weight excluding hydrogens is 260 g/mol.